The Morgan fingerprint density at radius 2 is 2.10 bits per heavy atom. The third-order valence-electron chi connectivity index (χ3n) is 3.58. The van der Waals surface area contributed by atoms with Gasteiger partial charge < -0.3 is 10.2 Å². The summed E-state index contributed by atoms with van der Waals surface area (Å²) in [6.45, 7) is 5.06. The van der Waals surface area contributed by atoms with Gasteiger partial charge in [0.1, 0.15) is 0 Å². The maximum absolute atomic E-state index is 11.8. The lowest BCUT2D eigenvalue weighted by atomic mass is 10.2. The molecule has 5 heteroatoms. The van der Waals surface area contributed by atoms with E-state index in [1.165, 1.54) is 0 Å². The summed E-state index contributed by atoms with van der Waals surface area (Å²) in [4.78, 5) is 13.5. The second kappa shape index (κ2) is 7.04. The van der Waals surface area contributed by atoms with E-state index in [2.05, 4.69) is 10.4 Å². The lowest BCUT2D eigenvalue weighted by Gasteiger charge is -2.17. The van der Waals surface area contributed by atoms with Gasteiger partial charge in [-0.15, -0.1) is 0 Å². The third kappa shape index (κ3) is 3.92. The number of nitrogens with zero attached hydrogens (tertiary/aromatic N) is 3. The van der Waals surface area contributed by atoms with Gasteiger partial charge in [-0.3, -0.25) is 4.79 Å². The van der Waals surface area contributed by atoms with Crippen LogP contribution in [0.4, 0.5) is 0 Å². The van der Waals surface area contributed by atoms with Gasteiger partial charge in [0.05, 0.1) is 18.4 Å². The van der Waals surface area contributed by atoms with E-state index in [0.29, 0.717) is 6.54 Å². The van der Waals surface area contributed by atoms with Gasteiger partial charge in [-0.25, -0.2) is 4.68 Å². The number of rotatable bonds is 6. The largest absolute Gasteiger partial charge is 0.345 e. The van der Waals surface area contributed by atoms with Crippen molar-refractivity contribution < 1.29 is 4.79 Å². The molecule has 1 N–H and O–H groups in total. The molecule has 0 fully saturated rings. The van der Waals surface area contributed by atoms with Gasteiger partial charge in [-0.2, -0.15) is 5.10 Å². The van der Waals surface area contributed by atoms with Crippen LogP contribution < -0.4 is 5.32 Å². The molecule has 1 aromatic carbocycles. The Morgan fingerprint density at radius 3 is 2.76 bits per heavy atom. The molecule has 2 rings (SSSR count). The number of carbonyl (C=O) groups is 1. The number of amides is 1. The fraction of sp³-hybridized carbons (Fsp3) is 0.375. The van der Waals surface area contributed by atoms with Gasteiger partial charge in [0, 0.05) is 31.4 Å². The number of para-hydroxylation sites is 1. The summed E-state index contributed by atoms with van der Waals surface area (Å²) in [5, 5.41) is 7.60. The Hall–Kier alpha value is -2.14. The van der Waals surface area contributed by atoms with E-state index in [1.807, 2.05) is 68.3 Å². The highest BCUT2D eigenvalue weighted by Crippen LogP contribution is 2.14. The first-order valence-corrected chi connectivity index (χ1v) is 7.19. The summed E-state index contributed by atoms with van der Waals surface area (Å²) < 4.78 is 1.84. The topological polar surface area (TPSA) is 50.2 Å². The molecule has 1 unspecified atom stereocenters. The van der Waals surface area contributed by atoms with Crippen LogP contribution in [0.2, 0.25) is 0 Å². The Bertz CT molecular complexity index is 579. The van der Waals surface area contributed by atoms with Gasteiger partial charge in [0.2, 0.25) is 5.91 Å². The molecule has 5 nitrogen and oxygen atoms in total. The molecule has 0 spiro atoms. The van der Waals surface area contributed by atoms with E-state index in [4.69, 9.17) is 0 Å². The van der Waals surface area contributed by atoms with Crippen molar-refractivity contribution in [1.29, 1.82) is 0 Å². The van der Waals surface area contributed by atoms with Crippen LogP contribution in [0.25, 0.3) is 5.69 Å². The molecule has 0 aliphatic heterocycles. The number of aromatic nitrogens is 2. The monoisotopic (exact) mass is 286 g/mol. The molecule has 1 heterocycles. The molecule has 21 heavy (non-hydrogen) atoms. The fourth-order valence-electron chi connectivity index (χ4n) is 1.95. The zero-order valence-corrected chi connectivity index (χ0v) is 12.8. The summed E-state index contributed by atoms with van der Waals surface area (Å²) in [6.07, 6.45) is 3.82. The van der Waals surface area contributed by atoms with Crippen molar-refractivity contribution in [1.82, 2.24) is 20.0 Å². The van der Waals surface area contributed by atoms with Crippen molar-refractivity contribution in [2.75, 3.05) is 20.1 Å². The van der Waals surface area contributed by atoms with Crippen LogP contribution in [0.1, 0.15) is 25.5 Å². The van der Waals surface area contributed by atoms with Crippen LogP contribution in [0.3, 0.4) is 0 Å². The number of carbonyl (C=O) groups excluding carboxylic acids is 1. The Morgan fingerprint density at radius 1 is 1.38 bits per heavy atom. The second-order valence-corrected chi connectivity index (χ2v) is 5.06. The van der Waals surface area contributed by atoms with Gasteiger partial charge >= 0.3 is 0 Å². The van der Waals surface area contributed by atoms with Gasteiger partial charge in [-0.1, -0.05) is 18.2 Å². The number of likely N-dealkylation sites (N-methyl/N-ethyl adjacent to an activating group) is 1. The number of nitrogens with one attached hydrogen (secondary N) is 1. The van der Waals surface area contributed by atoms with E-state index in [1.54, 1.807) is 4.90 Å². The van der Waals surface area contributed by atoms with Crippen LogP contribution in [-0.2, 0) is 4.79 Å². The van der Waals surface area contributed by atoms with Gasteiger partial charge in [0.25, 0.3) is 0 Å². The van der Waals surface area contributed by atoms with Gasteiger partial charge in [0.15, 0.2) is 0 Å². The maximum Gasteiger partial charge on any atom is 0.236 e. The molecular formula is C16H22N4O. The molecule has 2 aromatic rings. The quantitative estimate of drug-likeness (QED) is 0.883. The maximum atomic E-state index is 11.8. The molecule has 0 aliphatic carbocycles. The van der Waals surface area contributed by atoms with E-state index in [9.17, 15) is 4.79 Å². The van der Waals surface area contributed by atoms with E-state index >= 15 is 0 Å². The molecule has 0 bridgehead atoms. The first-order chi connectivity index (χ1) is 10.1. The van der Waals surface area contributed by atoms with Crippen LogP contribution in [0, 0.1) is 0 Å². The molecule has 0 aliphatic rings. The average Bonchev–Trinajstić information content (AvgIpc) is 3.02. The predicted octanol–water partition coefficient (Wildman–Crippen LogP) is 2.00. The molecule has 0 saturated carbocycles. The van der Waals surface area contributed by atoms with Crippen molar-refractivity contribution in [3.63, 3.8) is 0 Å². The minimum atomic E-state index is 0.0802. The van der Waals surface area contributed by atoms with Crippen molar-refractivity contribution in [2.45, 2.75) is 19.9 Å². The summed E-state index contributed by atoms with van der Waals surface area (Å²) in [5.41, 5.74) is 2.09. The van der Waals surface area contributed by atoms with E-state index < -0.39 is 0 Å². The zero-order chi connectivity index (χ0) is 15.2. The first kappa shape index (κ1) is 15.3. The number of hydrogen-bond donors (Lipinski definition) is 1. The molecule has 0 saturated heterocycles. The van der Waals surface area contributed by atoms with Crippen molar-refractivity contribution in [3.05, 3.63) is 48.3 Å². The Labute approximate surface area is 125 Å². The molecule has 1 amide bonds. The molecule has 1 atom stereocenters. The zero-order valence-electron chi connectivity index (χ0n) is 12.8. The predicted molar refractivity (Wildman–Crippen MR) is 83.3 cm³/mol. The fourth-order valence-corrected chi connectivity index (χ4v) is 1.95. The first-order valence-electron chi connectivity index (χ1n) is 7.19. The Balaban J connectivity index is 1.96. The summed E-state index contributed by atoms with van der Waals surface area (Å²) >= 11 is 0. The lowest BCUT2D eigenvalue weighted by Crippen LogP contribution is -2.36. The van der Waals surface area contributed by atoms with Crippen molar-refractivity contribution in [2.24, 2.45) is 0 Å². The van der Waals surface area contributed by atoms with Crippen LogP contribution >= 0.6 is 0 Å². The van der Waals surface area contributed by atoms with Crippen LogP contribution in [0.5, 0.6) is 0 Å². The SMILES string of the molecule is CCN(C)C(=O)CNC(C)c1cnn(-c2ccccc2)c1. The summed E-state index contributed by atoms with van der Waals surface area (Å²) in [5.74, 6) is 0.0970. The molecule has 1 aromatic heterocycles. The second-order valence-electron chi connectivity index (χ2n) is 5.06. The highest BCUT2D eigenvalue weighted by atomic mass is 16.2. The number of hydrogen-bond acceptors (Lipinski definition) is 3. The smallest absolute Gasteiger partial charge is 0.236 e. The highest BCUT2D eigenvalue weighted by Gasteiger charge is 2.12. The summed E-state index contributed by atoms with van der Waals surface area (Å²) in [7, 11) is 1.81. The third-order valence-corrected chi connectivity index (χ3v) is 3.58. The number of benzene rings is 1. The van der Waals surface area contributed by atoms with Crippen LogP contribution in [0.15, 0.2) is 42.7 Å². The molecular weight excluding hydrogens is 264 g/mol. The minimum Gasteiger partial charge on any atom is -0.345 e. The lowest BCUT2D eigenvalue weighted by molar-refractivity contribution is -0.128. The van der Waals surface area contributed by atoms with Crippen molar-refractivity contribution in [3.8, 4) is 5.69 Å². The minimum absolute atomic E-state index is 0.0802. The summed E-state index contributed by atoms with van der Waals surface area (Å²) in [6, 6.07) is 10.0. The average molecular weight is 286 g/mol. The highest BCUT2D eigenvalue weighted by molar-refractivity contribution is 5.77. The van der Waals surface area contributed by atoms with E-state index in [0.717, 1.165) is 17.8 Å². The van der Waals surface area contributed by atoms with Gasteiger partial charge in [-0.05, 0) is 26.0 Å². The molecule has 112 valence electrons. The van der Waals surface area contributed by atoms with Crippen LogP contribution in [-0.4, -0.2) is 40.7 Å². The standard InChI is InChI=1S/C16H22N4O/c1-4-19(3)16(21)11-17-13(2)14-10-18-20(12-14)15-8-6-5-7-9-15/h5-10,12-13,17H,4,11H2,1-3H3. The molecule has 0 radical (unpaired) electrons. The van der Waals surface area contributed by atoms with Crippen molar-refractivity contribution >= 4 is 5.91 Å². The Kier molecular flexibility index (Phi) is 5.11. The normalized spacial score (nSPS) is 12.1. The van der Waals surface area contributed by atoms with E-state index in [-0.39, 0.29) is 11.9 Å².